The molecule has 2 aliphatic rings. The topological polar surface area (TPSA) is 85.2 Å². The molecule has 8 nitrogen and oxygen atoms in total. The van der Waals surface area contributed by atoms with Gasteiger partial charge in [0.1, 0.15) is 0 Å². The van der Waals surface area contributed by atoms with Gasteiger partial charge in [-0.25, -0.2) is 10.2 Å². The van der Waals surface area contributed by atoms with Crippen LogP contribution in [0.25, 0.3) is 5.57 Å². The zero-order valence-corrected chi connectivity index (χ0v) is 21.0. The number of likely N-dealkylation sites (tertiary alicyclic amines) is 1. The molecule has 1 unspecified atom stereocenters. The summed E-state index contributed by atoms with van der Waals surface area (Å²) < 4.78 is 5.02. The van der Waals surface area contributed by atoms with E-state index in [0.717, 1.165) is 42.5 Å². The quantitative estimate of drug-likeness (QED) is 0.365. The second-order valence-electron chi connectivity index (χ2n) is 9.11. The third-order valence-corrected chi connectivity index (χ3v) is 6.91. The van der Waals surface area contributed by atoms with Gasteiger partial charge in [-0.2, -0.15) is 0 Å². The molecule has 0 aliphatic carbocycles. The predicted octanol–water partition coefficient (Wildman–Crippen LogP) is 2.57. The van der Waals surface area contributed by atoms with E-state index in [0.29, 0.717) is 49.8 Å². The van der Waals surface area contributed by atoms with Crippen LogP contribution in [-0.4, -0.2) is 66.7 Å². The number of hydrogen-bond acceptors (Lipinski definition) is 6. The number of aromatic nitrogens is 1. The van der Waals surface area contributed by atoms with Gasteiger partial charge in [0, 0.05) is 56.1 Å². The number of benzene rings is 1. The molecule has 1 aromatic heterocycles. The van der Waals surface area contributed by atoms with E-state index in [1.807, 2.05) is 41.5 Å². The monoisotopic (exact) mass is 499 g/mol. The summed E-state index contributed by atoms with van der Waals surface area (Å²) in [5, 5.41) is 18.8. The first-order valence-electron chi connectivity index (χ1n) is 12.3. The van der Waals surface area contributed by atoms with E-state index in [9.17, 15) is 10.0 Å². The molecule has 1 fully saturated rings. The number of carbonyl (C=O) groups is 1. The lowest BCUT2D eigenvalue weighted by atomic mass is 9.97. The van der Waals surface area contributed by atoms with Crippen molar-refractivity contribution in [1.29, 1.82) is 0 Å². The minimum Gasteiger partial charge on any atom is -0.603 e. The normalized spacial score (nSPS) is 20.0. The Bertz CT molecular complexity index is 1020. The highest BCUT2D eigenvalue weighted by Gasteiger charge is 2.31. The maximum atomic E-state index is 13.3. The first-order chi connectivity index (χ1) is 17.0. The number of quaternary nitrogens is 1. The molecule has 35 heavy (non-hydrogen) atoms. The van der Waals surface area contributed by atoms with E-state index in [4.69, 9.17) is 16.3 Å². The highest BCUT2D eigenvalue weighted by molar-refractivity contribution is 6.30. The third-order valence-electron chi connectivity index (χ3n) is 6.66. The molecule has 2 N–H and O–H groups in total. The molecule has 1 aromatic carbocycles. The summed E-state index contributed by atoms with van der Waals surface area (Å²) in [6.45, 7) is 3.52. The van der Waals surface area contributed by atoms with Gasteiger partial charge in [-0.3, -0.25) is 14.7 Å². The van der Waals surface area contributed by atoms with Gasteiger partial charge >= 0.3 is 0 Å². The van der Waals surface area contributed by atoms with E-state index >= 15 is 0 Å². The number of methoxy groups -OCH3 is 1. The van der Waals surface area contributed by atoms with Crippen molar-refractivity contribution in [1.82, 2.24) is 20.2 Å². The van der Waals surface area contributed by atoms with Crippen molar-refractivity contribution in [3.8, 4) is 0 Å². The van der Waals surface area contributed by atoms with Gasteiger partial charge in [-0.05, 0) is 61.6 Å². The molecule has 2 aliphatic heterocycles. The van der Waals surface area contributed by atoms with Crippen LogP contribution in [0, 0.1) is 5.21 Å². The first kappa shape index (κ1) is 25.6. The van der Waals surface area contributed by atoms with Crippen LogP contribution in [0.15, 0.2) is 48.9 Å². The lowest BCUT2D eigenvalue weighted by Crippen LogP contribution is -3.09. The summed E-state index contributed by atoms with van der Waals surface area (Å²) in [4.78, 5) is 18.8. The number of rotatable bonds is 11. The number of nitrogens with zero attached hydrogens (tertiary/aromatic N) is 3. The van der Waals surface area contributed by atoms with Crippen LogP contribution in [0.4, 0.5) is 5.69 Å². The Kier molecular flexibility index (Phi) is 9.12. The maximum Gasteiger partial charge on any atom is 0.221 e. The van der Waals surface area contributed by atoms with Crippen LogP contribution in [-0.2, 0) is 16.0 Å². The van der Waals surface area contributed by atoms with E-state index < -0.39 is 0 Å². The molecule has 0 saturated carbocycles. The fourth-order valence-electron chi connectivity index (χ4n) is 4.82. The number of carbonyl (C=O) groups excluding carboxylic acids is 1. The summed E-state index contributed by atoms with van der Waals surface area (Å²) in [7, 11) is 1.66. The van der Waals surface area contributed by atoms with Crippen molar-refractivity contribution in [2.45, 2.75) is 38.1 Å². The van der Waals surface area contributed by atoms with Crippen molar-refractivity contribution < 1.29 is 14.7 Å². The van der Waals surface area contributed by atoms with Crippen LogP contribution in [0.3, 0.4) is 0 Å². The lowest BCUT2D eigenvalue weighted by Gasteiger charge is -2.40. The largest absolute Gasteiger partial charge is 0.603 e. The van der Waals surface area contributed by atoms with E-state index in [1.54, 1.807) is 19.5 Å². The van der Waals surface area contributed by atoms with Crippen molar-refractivity contribution in [3.05, 3.63) is 70.3 Å². The number of amides is 1. The number of halogens is 1. The van der Waals surface area contributed by atoms with Crippen LogP contribution in [0.5, 0.6) is 0 Å². The molecular weight excluding hydrogens is 466 g/mol. The molecule has 0 radical (unpaired) electrons. The van der Waals surface area contributed by atoms with Gasteiger partial charge in [0.15, 0.2) is 5.69 Å². The van der Waals surface area contributed by atoms with Gasteiger partial charge in [0.2, 0.25) is 5.91 Å². The Morgan fingerprint density at radius 1 is 1.31 bits per heavy atom. The number of allylic oxidation sites excluding steroid dienone is 1. The highest BCUT2D eigenvalue weighted by atomic mass is 35.5. The van der Waals surface area contributed by atoms with Gasteiger partial charge in [0.05, 0.1) is 18.9 Å². The maximum absolute atomic E-state index is 13.3. The molecule has 3 heterocycles. The molecule has 2 aromatic rings. The van der Waals surface area contributed by atoms with Gasteiger partial charge in [-0.1, -0.05) is 23.7 Å². The second-order valence-corrected chi connectivity index (χ2v) is 9.55. The van der Waals surface area contributed by atoms with Crippen molar-refractivity contribution in [3.63, 3.8) is 0 Å². The molecule has 1 amide bonds. The minimum absolute atomic E-state index is 0.0179. The summed E-state index contributed by atoms with van der Waals surface area (Å²) in [5.74, 6) is 0.0611. The fraction of sp³-hybridized carbons (Fsp3) is 0.462. The summed E-state index contributed by atoms with van der Waals surface area (Å²) >= 11 is 6.06. The Balaban J connectivity index is 1.41. The lowest BCUT2D eigenvalue weighted by molar-refractivity contribution is -0.903. The van der Waals surface area contributed by atoms with Crippen molar-refractivity contribution in [2.24, 2.45) is 0 Å². The molecule has 1 saturated heterocycles. The Labute approximate surface area is 212 Å². The van der Waals surface area contributed by atoms with Crippen LogP contribution in [0.1, 0.15) is 36.8 Å². The Morgan fingerprint density at radius 3 is 2.94 bits per heavy atom. The first-order valence-corrected chi connectivity index (χ1v) is 12.6. The van der Waals surface area contributed by atoms with Crippen LogP contribution >= 0.6 is 11.6 Å². The average molecular weight is 500 g/mol. The number of hydrogen-bond donors (Lipinski definition) is 2. The number of pyridine rings is 1. The predicted molar refractivity (Wildman–Crippen MR) is 137 cm³/mol. The summed E-state index contributed by atoms with van der Waals surface area (Å²) in [5.41, 5.74) is 3.80. The summed E-state index contributed by atoms with van der Waals surface area (Å²) in [6.07, 6.45) is 9.46. The van der Waals surface area contributed by atoms with Crippen molar-refractivity contribution in [2.75, 3.05) is 39.9 Å². The Morgan fingerprint density at radius 2 is 2.14 bits per heavy atom. The molecule has 188 valence electrons. The van der Waals surface area contributed by atoms with Gasteiger partial charge in [-0.15, -0.1) is 0 Å². The third kappa shape index (κ3) is 6.80. The van der Waals surface area contributed by atoms with Crippen LogP contribution < -0.4 is 10.5 Å². The number of nitrogens with one attached hydrogen (secondary N) is 2. The molecular formula is C26H34ClN5O3. The zero-order valence-electron chi connectivity index (χ0n) is 20.2. The molecule has 9 heteroatoms. The minimum atomic E-state index is -0.0179. The molecule has 4 rings (SSSR count). The summed E-state index contributed by atoms with van der Waals surface area (Å²) in [6, 6.07) is 9.96. The second kappa shape index (κ2) is 12.5. The van der Waals surface area contributed by atoms with Gasteiger partial charge < -0.3 is 15.3 Å². The number of fused-ring (bicyclic) bond motifs is 1. The van der Waals surface area contributed by atoms with E-state index in [1.165, 1.54) is 0 Å². The SMILES string of the molecule is COCCCNC(=O)CCN1CCC[C@@H]1CN1C=C(Cc2ccc(Cl)cc2)c2ccncc2[NH+]1[O-]. The van der Waals surface area contributed by atoms with E-state index in [2.05, 4.69) is 15.2 Å². The molecule has 0 bridgehead atoms. The highest BCUT2D eigenvalue weighted by Crippen LogP contribution is 2.28. The van der Waals surface area contributed by atoms with Gasteiger partial charge in [0.25, 0.3) is 0 Å². The fourth-order valence-corrected chi connectivity index (χ4v) is 4.94. The molecule has 2 atom stereocenters. The zero-order chi connectivity index (χ0) is 24.6. The van der Waals surface area contributed by atoms with E-state index in [-0.39, 0.29) is 17.1 Å². The molecule has 0 spiro atoms. The standard InChI is InChI=1S/C26H34ClN5O3/c1-35-15-3-11-29-26(33)10-14-30-13-2-4-23(30)19-31-18-21(16-20-5-7-22(27)8-6-20)24-9-12-28-17-25(24)32(31)34/h5-9,12,17-18,23,32H,2-4,10-11,13-16,19H2,1H3,(H,29,33)/t23-/m1/s1. The average Bonchev–Trinajstić information content (AvgIpc) is 3.31. The smallest absolute Gasteiger partial charge is 0.221 e. The number of ether oxygens (including phenoxy) is 1. The Hall–Kier alpha value is -2.49. The van der Waals surface area contributed by atoms with Crippen LogP contribution in [0.2, 0.25) is 5.02 Å². The van der Waals surface area contributed by atoms with Crippen molar-refractivity contribution >= 4 is 28.8 Å².